The van der Waals surface area contributed by atoms with Gasteiger partial charge < -0.3 is 31.3 Å². The first-order valence-corrected chi connectivity index (χ1v) is 12.1. The molecule has 3 rings (SSSR count). The number of aliphatic hydroxyl groups is 1. The van der Waals surface area contributed by atoms with Crippen LogP contribution in [0.15, 0.2) is 60.8 Å². The summed E-state index contributed by atoms with van der Waals surface area (Å²) >= 11 is 0. The molecule has 0 spiro atoms. The number of aliphatic hydroxyl groups excluding tert-OH is 1. The predicted molar refractivity (Wildman–Crippen MR) is 141 cm³/mol. The number of nitrogen functional groups attached to an aromatic ring is 1. The first-order valence-electron chi connectivity index (χ1n) is 12.1. The Morgan fingerprint density at radius 2 is 1.94 bits per heavy atom. The lowest BCUT2D eigenvalue weighted by molar-refractivity contribution is 0.0954. The van der Waals surface area contributed by atoms with Crippen LogP contribution in [0.2, 0.25) is 0 Å². The lowest BCUT2D eigenvalue weighted by Crippen LogP contribution is -2.43. The van der Waals surface area contributed by atoms with Crippen molar-refractivity contribution in [1.29, 1.82) is 0 Å². The number of nitrogens with zero attached hydrogens (tertiary/aromatic N) is 1. The van der Waals surface area contributed by atoms with Gasteiger partial charge in [-0.1, -0.05) is 24.3 Å². The second kappa shape index (κ2) is 12.4. The molecule has 3 aromatic rings. The van der Waals surface area contributed by atoms with Gasteiger partial charge in [-0.05, 0) is 75.1 Å². The zero-order chi connectivity index (χ0) is 26.1. The van der Waals surface area contributed by atoms with Crippen LogP contribution in [0.3, 0.4) is 0 Å². The Labute approximate surface area is 212 Å². The number of hydrogen-bond donors (Lipinski definition) is 5. The van der Waals surface area contributed by atoms with Gasteiger partial charge >= 0.3 is 0 Å². The maximum atomic E-state index is 12.7. The average Bonchev–Trinajstić information content (AvgIpc) is 2.85. The molecule has 0 saturated heterocycles. The Bertz CT molecular complexity index is 1150. The Hall–Kier alpha value is -3.62. The predicted octanol–water partition coefficient (Wildman–Crippen LogP) is 3.38. The molecule has 0 aliphatic carbocycles. The maximum Gasteiger partial charge on any atom is 0.251 e. The van der Waals surface area contributed by atoms with Gasteiger partial charge in [0.25, 0.3) is 5.91 Å². The molecule has 1 aromatic heterocycles. The number of nitrogens with one attached hydrogen (secondary N) is 2. The zero-order valence-corrected chi connectivity index (χ0v) is 21.1. The van der Waals surface area contributed by atoms with E-state index in [1.165, 1.54) is 0 Å². The van der Waals surface area contributed by atoms with Crippen LogP contribution < -0.4 is 21.1 Å². The van der Waals surface area contributed by atoms with Gasteiger partial charge in [-0.25, -0.2) is 4.98 Å². The third kappa shape index (κ3) is 7.96. The summed E-state index contributed by atoms with van der Waals surface area (Å²) in [6, 6.07) is 16.2. The highest BCUT2D eigenvalue weighted by Crippen LogP contribution is 2.27. The number of phenolic OH excluding ortho intramolecular Hbond substituents is 1. The zero-order valence-electron chi connectivity index (χ0n) is 21.1. The second-order valence-corrected chi connectivity index (χ2v) is 9.42. The van der Waals surface area contributed by atoms with Crippen LogP contribution in [0, 0.1) is 0 Å². The molecule has 0 aliphatic rings. The lowest BCUT2D eigenvalue weighted by atomic mass is 9.93. The van der Waals surface area contributed by atoms with Gasteiger partial charge in [-0.2, -0.15) is 0 Å². The third-order valence-corrected chi connectivity index (χ3v) is 5.83. The van der Waals surface area contributed by atoms with E-state index >= 15 is 0 Å². The summed E-state index contributed by atoms with van der Waals surface area (Å²) in [6.07, 6.45) is 2.17. The number of carbonyl (C=O) groups is 1. The number of β-amino-alcohol motifs (C(OH)–C–C–N with tert-alkyl or cyclic N) is 1. The summed E-state index contributed by atoms with van der Waals surface area (Å²) in [5.74, 6) is 0.829. The molecule has 1 atom stereocenters. The van der Waals surface area contributed by atoms with Gasteiger partial charge in [0.2, 0.25) is 0 Å². The van der Waals surface area contributed by atoms with Crippen molar-refractivity contribution in [3.63, 3.8) is 0 Å². The molecule has 0 saturated carbocycles. The normalized spacial score (nSPS) is 12.2. The molecule has 8 nitrogen and oxygen atoms in total. The number of hydrogen-bond acceptors (Lipinski definition) is 7. The maximum absolute atomic E-state index is 12.7. The fourth-order valence-corrected chi connectivity index (χ4v) is 3.91. The number of phenols is 1. The van der Waals surface area contributed by atoms with E-state index in [1.807, 2.05) is 31.2 Å². The number of ether oxygens (including phenoxy) is 1. The van der Waals surface area contributed by atoms with E-state index in [1.54, 1.807) is 36.5 Å². The number of rotatable bonds is 12. The molecule has 1 amide bonds. The first-order chi connectivity index (χ1) is 17.2. The molecule has 1 heterocycles. The lowest BCUT2D eigenvalue weighted by Gasteiger charge is -2.28. The highest BCUT2D eigenvalue weighted by atomic mass is 16.5. The number of carbonyl (C=O) groups excluding carboxylic acids is 1. The topological polar surface area (TPSA) is 130 Å². The standard InChI is InChI=1S/C28H36N4O4/c1-4-36-25-15-19(8-10-23(25)33)12-13-30-27(35)21-7-5-6-20(14-21)16-28(2,3)32-18-24(34)22-9-11-26(29)31-17-22/h5-11,14-15,17,24,32-34H,4,12-13,16,18H2,1-3H3,(H2,29,31)(H,30,35)/t24-/m1/s1. The summed E-state index contributed by atoms with van der Waals surface area (Å²) < 4.78 is 5.42. The largest absolute Gasteiger partial charge is 0.504 e. The minimum absolute atomic E-state index is 0.107. The molecule has 0 fully saturated rings. The van der Waals surface area contributed by atoms with Crippen LogP contribution in [0.4, 0.5) is 5.82 Å². The number of aromatic hydroxyl groups is 1. The molecule has 36 heavy (non-hydrogen) atoms. The summed E-state index contributed by atoms with van der Waals surface area (Å²) in [4.78, 5) is 16.8. The summed E-state index contributed by atoms with van der Waals surface area (Å²) in [5.41, 5.74) is 8.58. The highest BCUT2D eigenvalue weighted by molar-refractivity contribution is 5.94. The SMILES string of the molecule is CCOc1cc(CCNC(=O)c2cccc(CC(C)(C)NC[C@@H](O)c3ccc(N)nc3)c2)ccc1O. The average molecular weight is 493 g/mol. The fraction of sp³-hybridized carbons (Fsp3) is 0.357. The number of nitrogens with two attached hydrogens (primary N) is 1. The van der Waals surface area contributed by atoms with Gasteiger partial charge in [0, 0.05) is 36.0 Å². The summed E-state index contributed by atoms with van der Waals surface area (Å²) in [7, 11) is 0. The van der Waals surface area contributed by atoms with Crippen LogP contribution >= 0.6 is 0 Å². The van der Waals surface area contributed by atoms with E-state index in [4.69, 9.17) is 10.5 Å². The third-order valence-electron chi connectivity index (χ3n) is 5.83. The van der Waals surface area contributed by atoms with E-state index in [-0.39, 0.29) is 17.2 Å². The van der Waals surface area contributed by atoms with Crippen molar-refractivity contribution in [3.8, 4) is 11.5 Å². The van der Waals surface area contributed by atoms with Crippen molar-refractivity contribution < 1.29 is 19.7 Å². The fourth-order valence-electron chi connectivity index (χ4n) is 3.91. The number of benzene rings is 2. The summed E-state index contributed by atoms with van der Waals surface area (Å²) in [6.45, 7) is 7.27. The Kier molecular flexibility index (Phi) is 9.27. The molecule has 0 bridgehead atoms. The Morgan fingerprint density at radius 3 is 2.67 bits per heavy atom. The van der Waals surface area contributed by atoms with Crippen molar-refractivity contribution in [2.75, 3.05) is 25.4 Å². The molecule has 192 valence electrons. The number of aromatic nitrogens is 1. The molecule has 2 aromatic carbocycles. The first kappa shape index (κ1) is 27.0. The van der Waals surface area contributed by atoms with Crippen LogP contribution in [0.1, 0.15) is 53.9 Å². The van der Waals surface area contributed by atoms with Crippen LogP contribution in [-0.4, -0.2) is 46.3 Å². The van der Waals surface area contributed by atoms with Crippen molar-refractivity contribution in [2.45, 2.75) is 45.3 Å². The quantitative estimate of drug-likeness (QED) is 0.262. The Balaban J connectivity index is 1.52. The van der Waals surface area contributed by atoms with Crippen LogP contribution in [-0.2, 0) is 12.8 Å². The monoisotopic (exact) mass is 492 g/mol. The minimum atomic E-state index is -0.701. The molecule has 8 heteroatoms. The molecule has 0 aliphatic heterocycles. The van der Waals surface area contributed by atoms with Crippen molar-refractivity contribution in [1.82, 2.24) is 15.6 Å². The number of amides is 1. The van der Waals surface area contributed by atoms with E-state index in [2.05, 4.69) is 29.5 Å². The van der Waals surface area contributed by atoms with E-state index < -0.39 is 6.10 Å². The van der Waals surface area contributed by atoms with E-state index in [0.717, 1.165) is 11.1 Å². The summed E-state index contributed by atoms with van der Waals surface area (Å²) in [5, 5.41) is 26.7. The van der Waals surface area contributed by atoms with Crippen LogP contribution in [0.25, 0.3) is 0 Å². The van der Waals surface area contributed by atoms with Crippen LogP contribution in [0.5, 0.6) is 11.5 Å². The molecular weight excluding hydrogens is 456 g/mol. The smallest absolute Gasteiger partial charge is 0.251 e. The molecular formula is C28H36N4O4. The number of anilines is 1. The minimum Gasteiger partial charge on any atom is -0.504 e. The van der Waals surface area contributed by atoms with Gasteiger partial charge in [-0.15, -0.1) is 0 Å². The van der Waals surface area contributed by atoms with Crippen molar-refractivity contribution >= 4 is 11.7 Å². The highest BCUT2D eigenvalue weighted by Gasteiger charge is 2.20. The van der Waals surface area contributed by atoms with E-state index in [0.29, 0.717) is 55.2 Å². The molecule has 0 unspecified atom stereocenters. The molecule has 0 radical (unpaired) electrons. The van der Waals surface area contributed by atoms with Crippen molar-refractivity contribution in [3.05, 3.63) is 83.0 Å². The Morgan fingerprint density at radius 1 is 1.14 bits per heavy atom. The van der Waals surface area contributed by atoms with Gasteiger partial charge in [-0.3, -0.25) is 4.79 Å². The van der Waals surface area contributed by atoms with E-state index in [9.17, 15) is 15.0 Å². The van der Waals surface area contributed by atoms with Crippen molar-refractivity contribution in [2.24, 2.45) is 0 Å². The second-order valence-electron chi connectivity index (χ2n) is 9.42. The van der Waals surface area contributed by atoms with Gasteiger partial charge in [0.1, 0.15) is 5.82 Å². The van der Waals surface area contributed by atoms with Gasteiger partial charge in [0.05, 0.1) is 12.7 Å². The number of pyridine rings is 1. The molecule has 6 N–H and O–H groups in total. The van der Waals surface area contributed by atoms with Gasteiger partial charge in [0.15, 0.2) is 11.5 Å².